The summed E-state index contributed by atoms with van der Waals surface area (Å²) in [7, 11) is 1.68. The Kier molecular flexibility index (Phi) is 5.23. The topological polar surface area (TPSA) is 78.5 Å². The molecule has 1 aromatic carbocycles. The standard InChI is InChI=1S/C15H22ClN3O3S/c1-17-14(20)12-9-11(16)5-6-13(12)18-23(21,22)10-15(19(2)3)7-4-8-15/h5-6,9,18H,4,7-8,10H2,1-3H3,(H,17,20). The molecule has 0 aliphatic heterocycles. The number of hydrogen-bond donors (Lipinski definition) is 2. The van der Waals surface area contributed by atoms with E-state index in [1.54, 1.807) is 6.07 Å². The van der Waals surface area contributed by atoms with Gasteiger partial charge in [-0.15, -0.1) is 0 Å². The van der Waals surface area contributed by atoms with Gasteiger partial charge in [0.05, 0.1) is 17.0 Å². The smallest absolute Gasteiger partial charge is 0.253 e. The van der Waals surface area contributed by atoms with Gasteiger partial charge in [0, 0.05) is 17.6 Å². The quantitative estimate of drug-likeness (QED) is 0.813. The molecule has 2 rings (SSSR count). The molecule has 8 heteroatoms. The molecular weight excluding hydrogens is 338 g/mol. The van der Waals surface area contributed by atoms with Gasteiger partial charge in [0.15, 0.2) is 0 Å². The fourth-order valence-corrected chi connectivity index (χ4v) is 4.80. The van der Waals surface area contributed by atoms with Gasteiger partial charge in [0.25, 0.3) is 5.91 Å². The summed E-state index contributed by atoms with van der Waals surface area (Å²) in [5, 5.41) is 2.85. The van der Waals surface area contributed by atoms with E-state index >= 15 is 0 Å². The molecule has 1 aromatic rings. The van der Waals surface area contributed by atoms with Crippen molar-refractivity contribution >= 4 is 33.2 Å². The van der Waals surface area contributed by atoms with E-state index in [2.05, 4.69) is 10.0 Å². The normalized spacial score (nSPS) is 16.7. The molecule has 1 saturated carbocycles. The lowest BCUT2D eigenvalue weighted by Crippen LogP contribution is -2.55. The molecule has 0 radical (unpaired) electrons. The maximum absolute atomic E-state index is 12.6. The van der Waals surface area contributed by atoms with E-state index in [1.807, 2.05) is 19.0 Å². The van der Waals surface area contributed by atoms with Gasteiger partial charge in [-0.3, -0.25) is 9.52 Å². The number of carbonyl (C=O) groups is 1. The van der Waals surface area contributed by atoms with Crippen molar-refractivity contribution in [1.82, 2.24) is 10.2 Å². The lowest BCUT2D eigenvalue weighted by Gasteiger charge is -2.46. The van der Waals surface area contributed by atoms with Gasteiger partial charge in [0.1, 0.15) is 0 Å². The largest absolute Gasteiger partial charge is 0.355 e. The molecular formula is C15H22ClN3O3S. The van der Waals surface area contributed by atoms with Crippen LogP contribution in [0.1, 0.15) is 29.6 Å². The predicted molar refractivity (Wildman–Crippen MR) is 92.5 cm³/mol. The average molecular weight is 360 g/mol. The van der Waals surface area contributed by atoms with Crippen molar-refractivity contribution in [3.05, 3.63) is 28.8 Å². The minimum atomic E-state index is -3.59. The highest BCUT2D eigenvalue weighted by Crippen LogP contribution is 2.37. The van der Waals surface area contributed by atoms with Crippen LogP contribution in [0.2, 0.25) is 5.02 Å². The van der Waals surface area contributed by atoms with E-state index in [1.165, 1.54) is 19.2 Å². The summed E-state index contributed by atoms with van der Waals surface area (Å²) in [5.74, 6) is -0.390. The molecule has 2 N–H and O–H groups in total. The Bertz CT molecular complexity index is 700. The van der Waals surface area contributed by atoms with Gasteiger partial charge < -0.3 is 10.2 Å². The fraction of sp³-hybridized carbons (Fsp3) is 0.533. The number of nitrogens with zero attached hydrogens (tertiary/aromatic N) is 1. The van der Waals surface area contributed by atoms with Crippen LogP contribution in [0.15, 0.2) is 18.2 Å². The number of amides is 1. The number of carbonyl (C=O) groups excluding carboxylic acids is 1. The van der Waals surface area contributed by atoms with Crippen LogP contribution in [0.3, 0.4) is 0 Å². The molecule has 1 amide bonds. The van der Waals surface area contributed by atoms with Gasteiger partial charge in [0.2, 0.25) is 10.0 Å². The van der Waals surface area contributed by atoms with E-state index in [4.69, 9.17) is 11.6 Å². The van der Waals surface area contributed by atoms with Gasteiger partial charge in [-0.05, 0) is 51.6 Å². The van der Waals surface area contributed by atoms with Crippen LogP contribution in [0.25, 0.3) is 0 Å². The van der Waals surface area contributed by atoms with Crippen molar-refractivity contribution < 1.29 is 13.2 Å². The Morgan fingerprint density at radius 2 is 2.00 bits per heavy atom. The Labute approximate surface area is 142 Å². The molecule has 1 aliphatic carbocycles. The highest BCUT2D eigenvalue weighted by atomic mass is 35.5. The van der Waals surface area contributed by atoms with Crippen molar-refractivity contribution in [2.24, 2.45) is 0 Å². The summed E-state index contributed by atoms with van der Waals surface area (Å²) >= 11 is 5.90. The van der Waals surface area contributed by atoms with Crippen molar-refractivity contribution in [2.45, 2.75) is 24.8 Å². The molecule has 23 heavy (non-hydrogen) atoms. The lowest BCUT2D eigenvalue weighted by atomic mass is 9.77. The zero-order chi connectivity index (χ0) is 17.3. The average Bonchev–Trinajstić information content (AvgIpc) is 2.43. The van der Waals surface area contributed by atoms with Crippen molar-refractivity contribution in [2.75, 3.05) is 31.6 Å². The van der Waals surface area contributed by atoms with E-state index in [0.29, 0.717) is 5.02 Å². The number of hydrogen-bond acceptors (Lipinski definition) is 4. The SMILES string of the molecule is CNC(=O)c1cc(Cl)ccc1NS(=O)(=O)CC1(N(C)C)CCC1. The first-order chi connectivity index (χ1) is 10.7. The van der Waals surface area contributed by atoms with Crippen LogP contribution >= 0.6 is 11.6 Å². The number of rotatable bonds is 6. The monoisotopic (exact) mass is 359 g/mol. The highest BCUT2D eigenvalue weighted by Gasteiger charge is 2.43. The van der Waals surface area contributed by atoms with Crippen LogP contribution in [0, 0.1) is 0 Å². The molecule has 0 atom stereocenters. The molecule has 0 spiro atoms. The molecule has 1 fully saturated rings. The molecule has 1 aliphatic rings. The summed E-state index contributed by atoms with van der Waals surface area (Å²) in [6.45, 7) is 0. The number of halogens is 1. The molecule has 0 bridgehead atoms. The zero-order valence-corrected chi connectivity index (χ0v) is 15.1. The second-order valence-electron chi connectivity index (χ2n) is 6.10. The number of anilines is 1. The van der Waals surface area contributed by atoms with Gasteiger partial charge >= 0.3 is 0 Å². The first-order valence-corrected chi connectivity index (χ1v) is 9.42. The maximum atomic E-state index is 12.6. The molecule has 0 unspecified atom stereocenters. The first kappa shape index (κ1) is 18.0. The minimum Gasteiger partial charge on any atom is -0.355 e. The van der Waals surface area contributed by atoms with Crippen molar-refractivity contribution in [1.29, 1.82) is 0 Å². The summed E-state index contributed by atoms with van der Waals surface area (Å²) < 4.78 is 27.7. The Morgan fingerprint density at radius 1 is 1.35 bits per heavy atom. The Hall–Kier alpha value is -1.31. The fourth-order valence-electron chi connectivity index (χ4n) is 2.79. The Balaban J connectivity index is 2.26. The summed E-state index contributed by atoms with van der Waals surface area (Å²) in [6.07, 6.45) is 2.73. The molecule has 6 nitrogen and oxygen atoms in total. The second-order valence-corrected chi connectivity index (χ2v) is 8.26. The van der Waals surface area contributed by atoms with Gasteiger partial charge in [-0.25, -0.2) is 8.42 Å². The number of nitrogens with one attached hydrogen (secondary N) is 2. The van der Waals surface area contributed by atoms with Gasteiger partial charge in [-0.1, -0.05) is 11.6 Å². The summed E-state index contributed by atoms with van der Waals surface area (Å²) in [6, 6.07) is 4.51. The van der Waals surface area contributed by atoms with E-state index in [9.17, 15) is 13.2 Å². The van der Waals surface area contributed by atoms with E-state index < -0.39 is 15.9 Å². The molecule has 0 heterocycles. The van der Waals surface area contributed by atoms with Crippen molar-refractivity contribution in [3.63, 3.8) is 0 Å². The van der Waals surface area contributed by atoms with E-state index in [0.717, 1.165) is 19.3 Å². The third kappa shape index (κ3) is 3.97. The van der Waals surface area contributed by atoms with Crippen LogP contribution in [-0.2, 0) is 10.0 Å². The second kappa shape index (κ2) is 6.67. The Morgan fingerprint density at radius 3 is 2.48 bits per heavy atom. The number of benzene rings is 1. The van der Waals surface area contributed by atoms with Crippen LogP contribution < -0.4 is 10.0 Å². The van der Waals surface area contributed by atoms with Crippen LogP contribution in [0.5, 0.6) is 0 Å². The number of sulfonamides is 1. The third-order valence-corrected chi connectivity index (χ3v) is 6.09. The van der Waals surface area contributed by atoms with Crippen molar-refractivity contribution in [3.8, 4) is 0 Å². The first-order valence-electron chi connectivity index (χ1n) is 7.39. The summed E-state index contributed by atoms with van der Waals surface area (Å²) in [4.78, 5) is 13.9. The van der Waals surface area contributed by atoms with Gasteiger partial charge in [-0.2, -0.15) is 0 Å². The minimum absolute atomic E-state index is 0.00279. The zero-order valence-electron chi connectivity index (χ0n) is 13.5. The highest BCUT2D eigenvalue weighted by molar-refractivity contribution is 7.92. The maximum Gasteiger partial charge on any atom is 0.253 e. The lowest BCUT2D eigenvalue weighted by molar-refractivity contribution is 0.0838. The van der Waals surface area contributed by atoms with Crippen LogP contribution in [0.4, 0.5) is 5.69 Å². The molecule has 0 saturated heterocycles. The molecule has 128 valence electrons. The van der Waals surface area contributed by atoms with E-state index in [-0.39, 0.29) is 22.5 Å². The summed E-state index contributed by atoms with van der Waals surface area (Å²) in [5.41, 5.74) is 0.115. The van der Waals surface area contributed by atoms with Crippen LogP contribution in [-0.4, -0.2) is 51.7 Å². The third-order valence-electron chi connectivity index (χ3n) is 4.41. The predicted octanol–water partition coefficient (Wildman–Crippen LogP) is 1.93. The molecule has 0 aromatic heterocycles.